The van der Waals surface area contributed by atoms with Gasteiger partial charge in [0.05, 0.1) is 0 Å². The fourth-order valence-electron chi connectivity index (χ4n) is 3.04. The molecule has 1 amide bonds. The molecule has 0 saturated carbocycles. The molecule has 4 nitrogen and oxygen atoms in total. The normalized spacial score (nSPS) is 22.9. The summed E-state index contributed by atoms with van der Waals surface area (Å²) < 4.78 is 0. The molecule has 1 unspecified atom stereocenters. The van der Waals surface area contributed by atoms with E-state index in [1.54, 1.807) is 0 Å². The van der Waals surface area contributed by atoms with Crippen LogP contribution in [-0.2, 0) is 11.3 Å². The molecule has 3 rings (SSSR count). The molecule has 2 heterocycles. The summed E-state index contributed by atoms with van der Waals surface area (Å²) in [4.78, 5) is 14.5. The molecule has 0 aromatic heterocycles. The van der Waals surface area contributed by atoms with Gasteiger partial charge in [0.15, 0.2) is 0 Å². The first kappa shape index (κ1) is 15.5. The van der Waals surface area contributed by atoms with Crippen molar-refractivity contribution in [2.24, 2.45) is 0 Å². The van der Waals surface area contributed by atoms with E-state index < -0.39 is 0 Å². The topological polar surface area (TPSA) is 44.4 Å². The molecular formula is C17H22ClN3O. The van der Waals surface area contributed by atoms with Gasteiger partial charge in [-0.1, -0.05) is 42.0 Å². The van der Waals surface area contributed by atoms with Crippen molar-refractivity contribution >= 4 is 17.5 Å². The molecule has 2 aliphatic heterocycles. The Bertz CT molecular complexity index is 553. The minimum atomic E-state index is -0.152. The Labute approximate surface area is 136 Å². The van der Waals surface area contributed by atoms with Crippen LogP contribution in [0.15, 0.2) is 36.4 Å². The molecule has 22 heavy (non-hydrogen) atoms. The zero-order chi connectivity index (χ0) is 15.4. The average molecular weight is 320 g/mol. The van der Waals surface area contributed by atoms with Gasteiger partial charge in [-0.25, -0.2) is 0 Å². The van der Waals surface area contributed by atoms with E-state index in [2.05, 4.69) is 21.6 Å². The summed E-state index contributed by atoms with van der Waals surface area (Å²) in [6.07, 6.45) is 5.91. The Kier molecular flexibility index (Phi) is 5.13. The number of carbonyl (C=O) groups is 1. The summed E-state index contributed by atoms with van der Waals surface area (Å²) in [6.45, 7) is 3.65. The van der Waals surface area contributed by atoms with Gasteiger partial charge in [0, 0.05) is 37.2 Å². The Hall–Kier alpha value is -1.36. The Morgan fingerprint density at radius 2 is 2.09 bits per heavy atom. The van der Waals surface area contributed by atoms with E-state index in [0.717, 1.165) is 44.0 Å². The van der Waals surface area contributed by atoms with E-state index in [-0.39, 0.29) is 18.0 Å². The van der Waals surface area contributed by atoms with Crippen LogP contribution < -0.4 is 10.6 Å². The largest absolute Gasteiger partial charge is 0.352 e. The van der Waals surface area contributed by atoms with Crippen LogP contribution in [0, 0.1) is 0 Å². The third-order valence-electron chi connectivity index (χ3n) is 4.35. The van der Waals surface area contributed by atoms with Crippen molar-refractivity contribution < 1.29 is 4.79 Å². The summed E-state index contributed by atoms with van der Waals surface area (Å²) in [7, 11) is 0. The molecular weight excluding hydrogens is 298 g/mol. The van der Waals surface area contributed by atoms with E-state index >= 15 is 0 Å². The first-order valence-corrected chi connectivity index (χ1v) is 8.26. The summed E-state index contributed by atoms with van der Waals surface area (Å²) in [5.74, 6) is 0.0957. The number of amides is 1. The molecule has 1 fully saturated rings. The second-order valence-electron chi connectivity index (χ2n) is 5.96. The van der Waals surface area contributed by atoms with Gasteiger partial charge in [-0.3, -0.25) is 15.0 Å². The van der Waals surface area contributed by atoms with Crippen molar-refractivity contribution in [1.29, 1.82) is 0 Å². The number of hydrogen-bond donors (Lipinski definition) is 2. The first-order valence-electron chi connectivity index (χ1n) is 7.88. The molecule has 0 radical (unpaired) electrons. The lowest BCUT2D eigenvalue weighted by atomic mass is 10.0. The number of carbonyl (C=O) groups excluding carboxylic acids is 1. The van der Waals surface area contributed by atoms with Crippen molar-refractivity contribution in [3.63, 3.8) is 0 Å². The average Bonchev–Trinajstić information content (AvgIpc) is 3.06. The van der Waals surface area contributed by atoms with Gasteiger partial charge in [-0.15, -0.1) is 0 Å². The predicted molar refractivity (Wildman–Crippen MR) is 88.8 cm³/mol. The van der Waals surface area contributed by atoms with Gasteiger partial charge in [-0.05, 0) is 24.5 Å². The molecule has 0 spiro atoms. The van der Waals surface area contributed by atoms with Crippen molar-refractivity contribution in [2.75, 3.05) is 19.6 Å². The van der Waals surface area contributed by atoms with E-state index in [9.17, 15) is 4.79 Å². The Morgan fingerprint density at radius 3 is 2.77 bits per heavy atom. The van der Waals surface area contributed by atoms with Crippen molar-refractivity contribution in [3.8, 4) is 0 Å². The zero-order valence-corrected chi connectivity index (χ0v) is 13.4. The number of hydrogen-bond acceptors (Lipinski definition) is 3. The minimum Gasteiger partial charge on any atom is -0.352 e. The van der Waals surface area contributed by atoms with Crippen LogP contribution in [0.25, 0.3) is 0 Å². The Balaban J connectivity index is 1.45. The van der Waals surface area contributed by atoms with Crippen molar-refractivity contribution in [1.82, 2.24) is 15.5 Å². The maximum absolute atomic E-state index is 12.1. The number of likely N-dealkylation sites (tertiary alicyclic amines) is 1. The molecule has 1 atom stereocenters. The highest BCUT2D eigenvalue weighted by Gasteiger charge is 2.24. The number of nitrogens with zero attached hydrogens (tertiary/aromatic N) is 1. The SMILES string of the molecule is O=C(NC1CCN(Cc2ccccc2Cl)CC1)C1C=CCN1. The summed E-state index contributed by atoms with van der Waals surface area (Å²) in [5, 5.41) is 7.13. The molecule has 118 valence electrons. The van der Waals surface area contributed by atoms with E-state index in [1.807, 2.05) is 30.4 Å². The highest BCUT2D eigenvalue weighted by molar-refractivity contribution is 6.31. The van der Waals surface area contributed by atoms with Gasteiger partial charge >= 0.3 is 0 Å². The fraction of sp³-hybridized carbons (Fsp3) is 0.471. The summed E-state index contributed by atoms with van der Waals surface area (Å²) in [6, 6.07) is 8.13. The second kappa shape index (κ2) is 7.27. The zero-order valence-electron chi connectivity index (χ0n) is 12.6. The van der Waals surface area contributed by atoms with Crippen molar-refractivity contribution in [3.05, 3.63) is 47.0 Å². The minimum absolute atomic E-state index is 0.0957. The third kappa shape index (κ3) is 3.88. The smallest absolute Gasteiger partial charge is 0.241 e. The predicted octanol–water partition coefficient (Wildman–Crippen LogP) is 1.95. The highest BCUT2D eigenvalue weighted by atomic mass is 35.5. The van der Waals surface area contributed by atoms with E-state index in [1.165, 1.54) is 5.56 Å². The van der Waals surface area contributed by atoms with Gasteiger partial charge in [0.25, 0.3) is 0 Å². The number of halogens is 1. The maximum Gasteiger partial charge on any atom is 0.241 e. The van der Waals surface area contributed by atoms with Crippen LogP contribution in [0.5, 0.6) is 0 Å². The Morgan fingerprint density at radius 1 is 1.32 bits per heavy atom. The molecule has 0 bridgehead atoms. The van der Waals surface area contributed by atoms with Gasteiger partial charge < -0.3 is 5.32 Å². The van der Waals surface area contributed by atoms with Crippen molar-refractivity contribution in [2.45, 2.75) is 31.5 Å². The lowest BCUT2D eigenvalue weighted by molar-refractivity contribution is -0.122. The first-order chi connectivity index (χ1) is 10.7. The van der Waals surface area contributed by atoms with E-state index in [0.29, 0.717) is 0 Å². The molecule has 1 aromatic carbocycles. The van der Waals surface area contributed by atoms with Gasteiger partial charge in [0.2, 0.25) is 5.91 Å². The number of benzene rings is 1. The molecule has 0 aliphatic carbocycles. The summed E-state index contributed by atoms with van der Waals surface area (Å²) >= 11 is 6.22. The quantitative estimate of drug-likeness (QED) is 0.834. The number of rotatable bonds is 4. The maximum atomic E-state index is 12.1. The lowest BCUT2D eigenvalue weighted by Gasteiger charge is -2.33. The fourth-order valence-corrected chi connectivity index (χ4v) is 3.24. The van der Waals surface area contributed by atoms with Crippen LogP contribution >= 0.6 is 11.6 Å². The highest BCUT2D eigenvalue weighted by Crippen LogP contribution is 2.19. The molecule has 1 saturated heterocycles. The second-order valence-corrected chi connectivity index (χ2v) is 6.37. The van der Waals surface area contributed by atoms with E-state index in [4.69, 9.17) is 11.6 Å². The molecule has 1 aromatic rings. The summed E-state index contributed by atoms with van der Waals surface area (Å²) in [5.41, 5.74) is 1.17. The number of nitrogens with one attached hydrogen (secondary N) is 2. The van der Waals surface area contributed by atoms with Crippen LogP contribution in [0.1, 0.15) is 18.4 Å². The third-order valence-corrected chi connectivity index (χ3v) is 4.72. The van der Waals surface area contributed by atoms with Gasteiger partial charge in [0.1, 0.15) is 6.04 Å². The number of piperidine rings is 1. The molecule has 2 N–H and O–H groups in total. The lowest BCUT2D eigenvalue weighted by Crippen LogP contribution is -2.49. The van der Waals surface area contributed by atoms with Crippen LogP contribution in [0.4, 0.5) is 0 Å². The molecule has 5 heteroatoms. The van der Waals surface area contributed by atoms with Crippen LogP contribution in [0.3, 0.4) is 0 Å². The molecule has 2 aliphatic rings. The monoisotopic (exact) mass is 319 g/mol. The van der Waals surface area contributed by atoms with Crippen LogP contribution in [0.2, 0.25) is 5.02 Å². The van der Waals surface area contributed by atoms with Crippen LogP contribution in [-0.4, -0.2) is 42.5 Å². The standard InChI is InChI=1S/C17H22ClN3O/c18-15-5-2-1-4-13(15)12-21-10-7-14(8-11-21)20-17(22)16-6-3-9-19-16/h1-6,14,16,19H,7-12H2,(H,20,22). The van der Waals surface area contributed by atoms with Gasteiger partial charge in [-0.2, -0.15) is 0 Å².